The van der Waals surface area contributed by atoms with Gasteiger partial charge in [-0.1, -0.05) is 18.2 Å². The molecule has 0 saturated heterocycles. The van der Waals surface area contributed by atoms with Crippen molar-refractivity contribution in [3.63, 3.8) is 0 Å². The fraction of sp³-hybridized carbons (Fsp3) is 0.0455. The third-order valence-corrected chi connectivity index (χ3v) is 5.64. The van der Waals surface area contributed by atoms with Crippen LogP contribution >= 0.6 is 34.0 Å². The second-order valence-electron chi connectivity index (χ2n) is 5.23. The fourth-order valence-electron chi connectivity index (χ4n) is 1.69. The third-order valence-electron chi connectivity index (χ3n) is 3.09. The van der Waals surface area contributed by atoms with Gasteiger partial charge in [0.1, 0.15) is 5.76 Å². The van der Waals surface area contributed by atoms with Crippen molar-refractivity contribution in [2.45, 2.75) is 0 Å². The molecule has 11 heteroatoms. The molecular formula is C22H16O7PbS3-3. The van der Waals surface area contributed by atoms with E-state index in [4.69, 9.17) is 4.74 Å². The van der Waals surface area contributed by atoms with Gasteiger partial charge in [-0.2, -0.15) is 0 Å². The van der Waals surface area contributed by atoms with Crippen LogP contribution in [0.15, 0.2) is 82.3 Å². The molecule has 0 bridgehead atoms. The van der Waals surface area contributed by atoms with Gasteiger partial charge < -0.3 is 34.4 Å². The standard InChI is InChI=1S/C7H7O.3C5H4O2S.Pb/c1-8-7-5-3-2-4-6-7;3*6-5(7)4-2-1-3-8-4;/h3-6H,1H3;3*1-3H,(H,6,7);/p-3. The zero-order valence-corrected chi connectivity index (χ0v) is 23.4. The maximum absolute atomic E-state index is 9.96. The molecule has 0 aliphatic heterocycles. The molecule has 5 radical (unpaired) electrons. The van der Waals surface area contributed by atoms with Gasteiger partial charge >= 0.3 is 0 Å². The Hall–Kier alpha value is -2.51. The van der Waals surface area contributed by atoms with E-state index in [0.717, 1.165) is 5.76 Å². The quantitative estimate of drug-likeness (QED) is 0.298. The summed E-state index contributed by atoms with van der Waals surface area (Å²) in [6, 6.07) is 9.57. The van der Waals surface area contributed by atoms with E-state index in [1.807, 2.05) is 24.6 Å². The molecule has 33 heavy (non-hydrogen) atoms. The molecule has 0 fully saturated rings. The van der Waals surface area contributed by atoms with Gasteiger partial charge in [-0.3, -0.25) is 0 Å². The molecule has 0 atom stereocenters. The molecule has 4 rings (SSSR count). The van der Waals surface area contributed by atoms with E-state index in [-0.39, 0.29) is 41.9 Å². The van der Waals surface area contributed by atoms with Crippen molar-refractivity contribution >= 4 is 79.2 Å². The molecule has 0 unspecified atom stereocenters. The molecule has 7 nitrogen and oxygen atoms in total. The van der Waals surface area contributed by atoms with Crippen molar-refractivity contribution in [1.29, 1.82) is 0 Å². The number of methoxy groups -OCH3 is 1. The van der Waals surface area contributed by atoms with Crippen molar-refractivity contribution in [3.8, 4) is 0 Å². The summed E-state index contributed by atoms with van der Waals surface area (Å²) in [6.45, 7) is 0. The SMILES string of the molecule is COC1=CC=C=C[CH]1.O=C([O-])c1cccs1.O=C([O-])c1cccs1.O=C([O-])c1cccs1.[Pb]. The summed E-state index contributed by atoms with van der Waals surface area (Å²) in [4.78, 5) is 30.7. The maximum atomic E-state index is 9.96. The first-order chi connectivity index (χ1) is 15.3. The summed E-state index contributed by atoms with van der Waals surface area (Å²) in [5, 5.41) is 35.0. The number of aromatic carboxylic acids is 3. The zero-order valence-electron chi connectivity index (χ0n) is 17.1. The van der Waals surface area contributed by atoms with E-state index < -0.39 is 17.9 Å². The van der Waals surface area contributed by atoms with Gasteiger partial charge in [-0.25, -0.2) is 0 Å². The van der Waals surface area contributed by atoms with E-state index in [1.54, 1.807) is 41.4 Å². The number of allylic oxidation sites excluding steroid dienone is 2. The first-order valence-electron chi connectivity index (χ1n) is 8.59. The van der Waals surface area contributed by atoms with Crippen LogP contribution in [0.4, 0.5) is 0 Å². The first kappa shape index (κ1) is 30.5. The van der Waals surface area contributed by atoms with Crippen LogP contribution in [0.5, 0.6) is 0 Å². The van der Waals surface area contributed by atoms with Crippen LogP contribution in [0.3, 0.4) is 0 Å². The van der Waals surface area contributed by atoms with Crippen LogP contribution in [0.25, 0.3) is 0 Å². The first-order valence-corrected chi connectivity index (χ1v) is 11.2. The van der Waals surface area contributed by atoms with Crippen molar-refractivity contribution in [1.82, 2.24) is 0 Å². The number of ether oxygens (including phenoxy) is 1. The van der Waals surface area contributed by atoms with Gasteiger partial charge in [0.25, 0.3) is 0 Å². The molecule has 171 valence electrons. The predicted octanol–water partition coefficient (Wildman–Crippen LogP) is 1.40. The van der Waals surface area contributed by atoms with Gasteiger partial charge in [0.15, 0.2) is 0 Å². The van der Waals surface area contributed by atoms with Gasteiger partial charge in [0.05, 0.1) is 31.4 Å². The average Bonchev–Trinajstić information content (AvgIpc) is 3.58. The van der Waals surface area contributed by atoms with E-state index in [0.29, 0.717) is 0 Å². The predicted molar refractivity (Wildman–Crippen MR) is 124 cm³/mol. The molecule has 1 aliphatic carbocycles. The van der Waals surface area contributed by atoms with E-state index in [1.165, 1.54) is 52.2 Å². The normalized spacial score (nSPS) is 10.4. The number of carboxylic acid groups (broad SMARTS) is 3. The number of carboxylic acids is 3. The zero-order chi connectivity index (χ0) is 23.8. The molecule has 0 spiro atoms. The molecule has 3 aromatic heterocycles. The van der Waals surface area contributed by atoms with Gasteiger partial charge in [0, 0.05) is 41.9 Å². The topological polar surface area (TPSA) is 130 Å². The van der Waals surface area contributed by atoms with Gasteiger partial charge in [-0.15, -0.1) is 39.7 Å². The third kappa shape index (κ3) is 13.6. The fourth-order valence-corrected chi connectivity index (χ4v) is 3.36. The molecular weight excluding hydrogens is 680 g/mol. The Balaban J connectivity index is 0.000000410. The minimum atomic E-state index is -1.10. The maximum Gasteiger partial charge on any atom is 0.105 e. The number of thiophene rings is 3. The van der Waals surface area contributed by atoms with E-state index in [9.17, 15) is 29.7 Å². The summed E-state index contributed by atoms with van der Waals surface area (Å²) in [7, 11) is 1.65. The Labute approximate surface area is 222 Å². The second-order valence-corrected chi connectivity index (χ2v) is 8.08. The summed E-state index contributed by atoms with van der Waals surface area (Å²) in [5.41, 5.74) is 2.89. The van der Waals surface area contributed by atoms with Crippen LogP contribution in [0, 0.1) is 6.42 Å². The molecule has 3 aromatic rings. The Kier molecular flexibility index (Phi) is 16.6. The Morgan fingerprint density at radius 1 is 0.758 bits per heavy atom. The summed E-state index contributed by atoms with van der Waals surface area (Å²) >= 11 is 3.51. The van der Waals surface area contributed by atoms with Gasteiger partial charge in [-0.05, 0) is 52.6 Å². The smallest absolute Gasteiger partial charge is 0.105 e. The summed E-state index contributed by atoms with van der Waals surface area (Å²) in [5.74, 6) is -2.41. The van der Waals surface area contributed by atoms with Crippen molar-refractivity contribution in [3.05, 3.63) is 103 Å². The largest absolute Gasteiger partial charge is 0.544 e. The van der Waals surface area contributed by atoms with Crippen molar-refractivity contribution in [2.24, 2.45) is 0 Å². The molecule has 1 aliphatic rings. The number of carbonyl (C=O) groups is 3. The molecule has 0 aromatic carbocycles. The summed E-state index contributed by atoms with van der Waals surface area (Å²) < 4.78 is 4.89. The Bertz CT molecular complexity index is 943. The van der Waals surface area contributed by atoms with Crippen molar-refractivity contribution < 1.29 is 34.4 Å². The number of hydrogen-bond donors (Lipinski definition) is 0. The van der Waals surface area contributed by atoms with Gasteiger partial charge in [0.2, 0.25) is 0 Å². The summed E-state index contributed by atoms with van der Waals surface area (Å²) in [6.07, 6.45) is 7.36. The number of rotatable bonds is 4. The number of hydrogen-bond acceptors (Lipinski definition) is 10. The minimum absolute atomic E-state index is 0. The van der Waals surface area contributed by atoms with Crippen LogP contribution in [0.2, 0.25) is 0 Å². The van der Waals surface area contributed by atoms with Crippen LogP contribution in [-0.4, -0.2) is 52.3 Å². The molecule has 0 saturated carbocycles. The monoisotopic (exact) mass is 696 g/mol. The average molecular weight is 696 g/mol. The molecule has 0 amide bonds. The second kappa shape index (κ2) is 18.0. The van der Waals surface area contributed by atoms with Crippen LogP contribution in [0.1, 0.15) is 29.0 Å². The van der Waals surface area contributed by atoms with Crippen LogP contribution in [-0.2, 0) is 4.74 Å². The minimum Gasteiger partial charge on any atom is -0.544 e. The van der Waals surface area contributed by atoms with Crippen LogP contribution < -0.4 is 15.3 Å². The Morgan fingerprint density at radius 3 is 1.30 bits per heavy atom. The van der Waals surface area contributed by atoms with E-state index >= 15 is 0 Å². The van der Waals surface area contributed by atoms with E-state index in [2.05, 4.69) is 5.73 Å². The molecule has 0 N–H and O–H groups in total. The Morgan fingerprint density at radius 2 is 1.15 bits per heavy atom. The number of carbonyl (C=O) groups excluding carboxylic acids is 3. The molecule has 3 heterocycles. The van der Waals surface area contributed by atoms with Crippen molar-refractivity contribution in [2.75, 3.05) is 7.11 Å².